The van der Waals surface area contributed by atoms with Crippen molar-refractivity contribution in [2.24, 2.45) is 0 Å². The third kappa shape index (κ3) is 4.30. The largest absolute Gasteiger partial charge is 0.348 e. The molecule has 31 heavy (non-hydrogen) atoms. The van der Waals surface area contributed by atoms with Crippen LogP contribution >= 0.6 is 0 Å². The van der Waals surface area contributed by atoms with Gasteiger partial charge in [0.1, 0.15) is 0 Å². The van der Waals surface area contributed by atoms with Crippen LogP contribution in [0.1, 0.15) is 55.9 Å². The predicted molar refractivity (Wildman–Crippen MR) is 111 cm³/mol. The van der Waals surface area contributed by atoms with Gasteiger partial charge in [-0.1, -0.05) is 30.3 Å². The summed E-state index contributed by atoms with van der Waals surface area (Å²) < 4.78 is 27.7. The number of benzene rings is 2. The topological polar surface area (TPSA) is 79.0 Å². The molecule has 0 atom stereocenters. The normalized spacial score (nSPS) is 12.8. The molecule has 2 N–H and O–H groups in total. The molecule has 0 saturated heterocycles. The zero-order valence-electron chi connectivity index (χ0n) is 16.6. The van der Waals surface area contributed by atoms with Gasteiger partial charge in [0.15, 0.2) is 17.4 Å². The number of carbonyl (C=O) groups excluding carboxylic acids is 2. The van der Waals surface area contributed by atoms with Gasteiger partial charge in [-0.05, 0) is 49.4 Å². The number of ketones is 1. The van der Waals surface area contributed by atoms with Crippen LogP contribution in [0.25, 0.3) is 0 Å². The van der Waals surface area contributed by atoms with Crippen LogP contribution in [0.2, 0.25) is 0 Å². The summed E-state index contributed by atoms with van der Waals surface area (Å²) in [5.74, 6) is -3.82. The molecule has 0 unspecified atom stereocenters. The van der Waals surface area contributed by atoms with Crippen molar-refractivity contribution < 1.29 is 18.4 Å². The van der Waals surface area contributed by atoms with Crippen molar-refractivity contribution in [2.45, 2.75) is 32.2 Å². The first-order valence-electron chi connectivity index (χ1n) is 10.0. The third-order valence-corrected chi connectivity index (χ3v) is 5.44. The molecule has 5 nitrogen and oxygen atoms in total. The van der Waals surface area contributed by atoms with Crippen LogP contribution in [0.15, 0.2) is 53.3 Å². The number of carbonyl (C=O) groups is 2. The van der Waals surface area contributed by atoms with Crippen LogP contribution in [0, 0.1) is 11.6 Å². The van der Waals surface area contributed by atoms with Gasteiger partial charge in [-0.25, -0.2) is 8.78 Å². The average Bonchev–Trinajstić information content (AvgIpc) is 2.79. The first-order valence-corrected chi connectivity index (χ1v) is 10.0. The zero-order valence-corrected chi connectivity index (χ0v) is 16.6. The van der Waals surface area contributed by atoms with E-state index in [0.29, 0.717) is 11.6 Å². The van der Waals surface area contributed by atoms with Gasteiger partial charge in [0.05, 0.1) is 5.56 Å². The summed E-state index contributed by atoms with van der Waals surface area (Å²) in [6.07, 6.45) is 3.72. The number of fused-ring (bicyclic) bond motifs is 1. The number of H-pyrrole nitrogens is 1. The van der Waals surface area contributed by atoms with Crippen molar-refractivity contribution in [3.63, 3.8) is 0 Å². The predicted octanol–water partition coefficient (Wildman–Crippen LogP) is 3.69. The minimum Gasteiger partial charge on any atom is -0.348 e. The summed E-state index contributed by atoms with van der Waals surface area (Å²) in [6.45, 7) is -0.0978. The fraction of sp³-hybridized carbons (Fsp3) is 0.208. The lowest BCUT2D eigenvalue weighted by molar-refractivity contribution is 0.0938. The maximum absolute atomic E-state index is 13.9. The number of amides is 1. The zero-order chi connectivity index (χ0) is 22.0. The lowest BCUT2D eigenvalue weighted by Crippen LogP contribution is -2.29. The first-order chi connectivity index (χ1) is 14.9. The van der Waals surface area contributed by atoms with Gasteiger partial charge in [-0.15, -0.1) is 0 Å². The summed E-state index contributed by atoms with van der Waals surface area (Å²) in [4.78, 5) is 40.8. The first kappa shape index (κ1) is 20.7. The molecule has 1 aliphatic carbocycles. The van der Waals surface area contributed by atoms with Crippen molar-refractivity contribution in [2.75, 3.05) is 0 Å². The second-order valence-corrected chi connectivity index (χ2v) is 7.52. The number of rotatable bonds is 5. The average molecular weight is 422 g/mol. The fourth-order valence-corrected chi connectivity index (χ4v) is 3.79. The van der Waals surface area contributed by atoms with Crippen LogP contribution in [-0.4, -0.2) is 16.7 Å². The van der Waals surface area contributed by atoms with E-state index in [9.17, 15) is 23.2 Å². The van der Waals surface area contributed by atoms with Crippen molar-refractivity contribution in [1.82, 2.24) is 10.3 Å². The number of pyridine rings is 1. The molecule has 4 rings (SSSR count). The highest BCUT2D eigenvalue weighted by atomic mass is 19.2. The molecule has 0 fully saturated rings. The molecule has 1 heterocycles. The number of aryl methyl sites for hydroxylation is 2. The Morgan fingerprint density at radius 1 is 0.935 bits per heavy atom. The number of aromatic nitrogens is 1. The molecule has 1 amide bonds. The van der Waals surface area contributed by atoms with E-state index < -0.39 is 23.3 Å². The molecule has 0 bridgehead atoms. The molecule has 0 spiro atoms. The van der Waals surface area contributed by atoms with Crippen LogP contribution in [0.3, 0.4) is 0 Å². The molecule has 0 saturated carbocycles. The summed E-state index contributed by atoms with van der Waals surface area (Å²) in [6, 6.07) is 11.2. The van der Waals surface area contributed by atoms with E-state index >= 15 is 0 Å². The molecular formula is C24H20F2N2O3. The summed E-state index contributed by atoms with van der Waals surface area (Å²) >= 11 is 0. The van der Waals surface area contributed by atoms with Crippen molar-refractivity contribution in [3.05, 3.63) is 104 Å². The Morgan fingerprint density at radius 3 is 2.35 bits per heavy atom. The lowest BCUT2D eigenvalue weighted by Gasteiger charge is -2.16. The maximum atomic E-state index is 13.9. The molecule has 1 aromatic heterocycles. The van der Waals surface area contributed by atoms with Gasteiger partial charge in [-0.3, -0.25) is 14.4 Å². The van der Waals surface area contributed by atoms with Crippen molar-refractivity contribution in [1.29, 1.82) is 0 Å². The second kappa shape index (κ2) is 8.63. The van der Waals surface area contributed by atoms with E-state index in [4.69, 9.17) is 0 Å². The van der Waals surface area contributed by atoms with Gasteiger partial charge in [0.2, 0.25) is 0 Å². The molecular weight excluding hydrogens is 402 g/mol. The molecule has 158 valence electrons. The van der Waals surface area contributed by atoms with E-state index in [1.165, 1.54) is 12.1 Å². The summed E-state index contributed by atoms with van der Waals surface area (Å²) in [7, 11) is 0. The van der Waals surface area contributed by atoms with Gasteiger partial charge in [0.25, 0.3) is 11.5 Å². The number of halogens is 2. The molecule has 2 aromatic carbocycles. The Bertz CT molecular complexity index is 1220. The van der Waals surface area contributed by atoms with E-state index in [1.807, 2.05) is 0 Å². The Labute approximate surface area is 177 Å². The van der Waals surface area contributed by atoms with Crippen LogP contribution < -0.4 is 10.9 Å². The number of hydrogen-bond acceptors (Lipinski definition) is 3. The van der Waals surface area contributed by atoms with Crippen LogP contribution in [0.4, 0.5) is 8.78 Å². The van der Waals surface area contributed by atoms with Gasteiger partial charge in [-0.2, -0.15) is 0 Å². The highest BCUT2D eigenvalue weighted by Gasteiger charge is 2.22. The number of aromatic amines is 1. The Hall–Kier alpha value is -3.61. The lowest BCUT2D eigenvalue weighted by atomic mass is 9.95. The fourth-order valence-electron chi connectivity index (χ4n) is 3.79. The van der Waals surface area contributed by atoms with E-state index in [-0.39, 0.29) is 28.8 Å². The Balaban J connectivity index is 1.61. The number of hydrogen-bond donors (Lipinski definition) is 2. The van der Waals surface area contributed by atoms with Gasteiger partial charge < -0.3 is 10.3 Å². The quantitative estimate of drug-likeness (QED) is 0.616. The van der Waals surface area contributed by atoms with Crippen molar-refractivity contribution in [3.8, 4) is 0 Å². The van der Waals surface area contributed by atoms with Crippen LogP contribution in [-0.2, 0) is 19.4 Å². The van der Waals surface area contributed by atoms with Crippen LogP contribution in [0.5, 0.6) is 0 Å². The van der Waals surface area contributed by atoms with E-state index in [2.05, 4.69) is 10.3 Å². The maximum Gasteiger partial charge on any atom is 0.253 e. The molecule has 1 aliphatic rings. The smallest absolute Gasteiger partial charge is 0.253 e. The highest BCUT2D eigenvalue weighted by Crippen LogP contribution is 2.20. The Morgan fingerprint density at radius 2 is 1.61 bits per heavy atom. The van der Waals surface area contributed by atoms with Crippen molar-refractivity contribution >= 4 is 11.7 Å². The third-order valence-electron chi connectivity index (χ3n) is 5.44. The molecule has 0 aliphatic heterocycles. The molecule has 3 aromatic rings. The second-order valence-electron chi connectivity index (χ2n) is 7.52. The number of nitrogens with one attached hydrogen (secondary N) is 2. The SMILES string of the molecule is O=C(NCc1cc2c([nH]c1=O)CCCC2)c1cc(F)c(F)cc1C(=O)c1ccccc1. The van der Waals surface area contributed by atoms with E-state index in [0.717, 1.165) is 43.0 Å². The summed E-state index contributed by atoms with van der Waals surface area (Å²) in [5.41, 5.74) is 1.74. The molecule has 0 radical (unpaired) electrons. The minimum atomic E-state index is -1.23. The minimum absolute atomic E-state index is 0.0978. The standard InChI is InChI=1S/C24H20F2N2O3/c25-19-11-17(22(29)14-6-2-1-3-7-14)18(12-20(19)26)24(31)27-13-16-10-15-8-4-5-9-21(15)28-23(16)30/h1-3,6-7,10-12H,4-5,8-9,13H2,(H,27,31)(H,28,30). The molecule has 7 heteroatoms. The highest BCUT2D eigenvalue weighted by molar-refractivity contribution is 6.15. The monoisotopic (exact) mass is 422 g/mol. The Kier molecular flexibility index (Phi) is 5.75. The van der Waals surface area contributed by atoms with Gasteiger partial charge >= 0.3 is 0 Å². The summed E-state index contributed by atoms with van der Waals surface area (Å²) in [5, 5.41) is 2.56. The van der Waals surface area contributed by atoms with Gasteiger partial charge in [0, 0.05) is 28.9 Å². The van der Waals surface area contributed by atoms with E-state index in [1.54, 1.807) is 24.3 Å².